The molecule has 0 spiro atoms. The summed E-state index contributed by atoms with van der Waals surface area (Å²) in [4.78, 5) is 25.8. The summed E-state index contributed by atoms with van der Waals surface area (Å²) in [6.07, 6.45) is 0. The number of thioether (sulfide) groups is 1. The number of nitrogens with one attached hydrogen (secondary N) is 2. The molecule has 0 bridgehead atoms. The van der Waals surface area contributed by atoms with E-state index in [4.69, 9.17) is 9.47 Å². The van der Waals surface area contributed by atoms with Crippen molar-refractivity contribution in [3.8, 4) is 11.5 Å². The second kappa shape index (κ2) is 11.7. The Hall–Kier alpha value is -2.80. The molecule has 0 saturated carbocycles. The van der Waals surface area contributed by atoms with Gasteiger partial charge in [0.15, 0.2) is 22.5 Å². The predicted molar refractivity (Wildman–Crippen MR) is 151 cm³/mol. The molecule has 0 aliphatic carbocycles. The SMILES string of the molecule is CCn1c(SCC(=O)Nc2c(C)cc(I)cc2C)nnc1C(NC(=O)c1ccc2c(c1)OCO2)C(C)C. The van der Waals surface area contributed by atoms with Crippen molar-refractivity contribution in [1.82, 2.24) is 20.1 Å². The molecule has 2 N–H and O–H groups in total. The standard InChI is InChI=1S/C26H30IN5O4S/c1-6-32-24(22(14(2)3)29-25(34)17-7-8-19-20(11-17)36-13-35-19)30-31-26(32)37-12-21(33)28-23-15(4)9-18(27)10-16(23)5/h7-11,14,22H,6,12-13H2,1-5H3,(H,28,33)(H,29,34). The summed E-state index contributed by atoms with van der Waals surface area (Å²) in [6.45, 7) is 10.8. The lowest BCUT2D eigenvalue weighted by Crippen LogP contribution is -2.33. The van der Waals surface area contributed by atoms with Gasteiger partial charge in [-0.25, -0.2) is 0 Å². The normalized spacial score (nSPS) is 13.1. The molecule has 4 rings (SSSR count). The Morgan fingerprint density at radius 2 is 1.81 bits per heavy atom. The number of ether oxygens (including phenoxy) is 2. The highest BCUT2D eigenvalue weighted by Gasteiger charge is 2.27. The number of aryl methyl sites for hydroxylation is 2. The molecule has 0 fully saturated rings. The smallest absolute Gasteiger partial charge is 0.252 e. The van der Waals surface area contributed by atoms with Gasteiger partial charge in [-0.05, 0) is 90.7 Å². The Morgan fingerprint density at radius 1 is 1.11 bits per heavy atom. The summed E-state index contributed by atoms with van der Waals surface area (Å²) >= 11 is 3.60. The van der Waals surface area contributed by atoms with E-state index in [9.17, 15) is 9.59 Å². The highest BCUT2D eigenvalue weighted by atomic mass is 127. The minimum atomic E-state index is -0.370. The third-order valence-electron chi connectivity index (χ3n) is 6.02. The summed E-state index contributed by atoms with van der Waals surface area (Å²) in [6, 6.07) is 8.83. The van der Waals surface area contributed by atoms with Crippen molar-refractivity contribution in [3.63, 3.8) is 0 Å². The zero-order valence-corrected chi connectivity index (χ0v) is 24.4. The number of nitrogens with zero attached hydrogens (tertiary/aromatic N) is 3. The number of anilines is 1. The van der Waals surface area contributed by atoms with Gasteiger partial charge in [-0.2, -0.15) is 0 Å². The van der Waals surface area contributed by atoms with Gasteiger partial charge in [0, 0.05) is 21.4 Å². The average Bonchev–Trinajstić information content (AvgIpc) is 3.49. The minimum Gasteiger partial charge on any atom is -0.454 e. The van der Waals surface area contributed by atoms with Gasteiger partial charge in [-0.3, -0.25) is 9.59 Å². The van der Waals surface area contributed by atoms with Crippen LogP contribution in [0.25, 0.3) is 0 Å². The molecule has 2 aromatic carbocycles. The summed E-state index contributed by atoms with van der Waals surface area (Å²) in [5.41, 5.74) is 3.37. The lowest BCUT2D eigenvalue weighted by atomic mass is 10.0. The molecule has 9 nitrogen and oxygen atoms in total. The van der Waals surface area contributed by atoms with Crippen LogP contribution in [0.4, 0.5) is 5.69 Å². The van der Waals surface area contributed by atoms with Crippen LogP contribution in [-0.2, 0) is 11.3 Å². The van der Waals surface area contributed by atoms with Gasteiger partial charge < -0.3 is 24.7 Å². The largest absolute Gasteiger partial charge is 0.454 e. The molecular weight excluding hydrogens is 605 g/mol. The molecule has 196 valence electrons. The third kappa shape index (κ3) is 6.20. The lowest BCUT2D eigenvalue weighted by Gasteiger charge is -2.22. The first-order valence-corrected chi connectivity index (χ1v) is 14.1. The number of benzene rings is 2. The van der Waals surface area contributed by atoms with Crippen LogP contribution in [0.2, 0.25) is 0 Å². The Bertz CT molecular complexity index is 1300. The van der Waals surface area contributed by atoms with E-state index in [1.165, 1.54) is 11.8 Å². The topological polar surface area (TPSA) is 107 Å². The van der Waals surface area contributed by atoms with Crippen LogP contribution >= 0.6 is 34.4 Å². The van der Waals surface area contributed by atoms with Crippen LogP contribution in [-0.4, -0.2) is 39.1 Å². The van der Waals surface area contributed by atoms with Crippen LogP contribution in [0.5, 0.6) is 11.5 Å². The van der Waals surface area contributed by atoms with E-state index in [2.05, 4.69) is 43.4 Å². The van der Waals surface area contributed by atoms with E-state index in [1.807, 2.05) is 51.3 Å². The van der Waals surface area contributed by atoms with Gasteiger partial charge in [-0.1, -0.05) is 25.6 Å². The van der Waals surface area contributed by atoms with E-state index in [0.717, 1.165) is 20.4 Å². The van der Waals surface area contributed by atoms with Gasteiger partial charge in [0.1, 0.15) is 0 Å². The minimum absolute atomic E-state index is 0.0560. The molecule has 0 saturated heterocycles. The number of hydrogen-bond acceptors (Lipinski definition) is 7. The zero-order valence-electron chi connectivity index (χ0n) is 21.4. The molecule has 1 unspecified atom stereocenters. The first kappa shape index (κ1) is 27.2. The summed E-state index contributed by atoms with van der Waals surface area (Å²) in [5.74, 6) is 1.73. The molecule has 3 aromatic rings. The maximum atomic E-state index is 13.1. The van der Waals surface area contributed by atoms with Crippen LogP contribution in [0.15, 0.2) is 35.5 Å². The average molecular weight is 636 g/mol. The molecule has 0 radical (unpaired) electrons. The lowest BCUT2D eigenvalue weighted by molar-refractivity contribution is -0.113. The van der Waals surface area contributed by atoms with Gasteiger partial charge in [0.25, 0.3) is 5.91 Å². The second-order valence-electron chi connectivity index (χ2n) is 9.10. The molecule has 11 heteroatoms. The fourth-order valence-electron chi connectivity index (χ4n) is 4.14. The van der Waals surface area contributed by atoms with Gasteiger partial charge >= 0.3 is 0 Å². The first-order valence-electron chi connectivity index (χ1n) is 12.0. The van der Waals surface area contributed by atoms with E-state index >= 15 is 0 Å². The van der Waals surface area contributed by atoms with Crippen LogP contribution < -0.4 is 20.1 Å². The maximum Gasteiger partial charge on any atom is 0.252 e. The summed E-state index contributed by atoms with van der Waals surface area (Å²) in [5, 5.41) is 15.5. The molecule has 1 aliphatic rings. The number of halogens is 1. The highest BCUT2D eigenvalue weighted by Crippen LogP contribution is 2.33. The first-order chi connectivity index (χ1) is 17.7. The maximum absolute atomic E-state index is 13.1. The number of amides is 2. The van der Waals surface area contributed by atoms with Crippen molar-refractivity contribution < 1.29 is 19.1 Å². The molecule has 1 aromatic heterocycles. The Morgan fingerprint density at radius 3 is 2.49 bits per heavy atom. The molecule has 2 amide bonds. The number of carbonyl (C=O) groups is 2. The van der Waals surface area contributed by atoms with Crippen molar-refractivity contribution in [2.24, 2.45) is 5.92 Å². The monoisotopic (exact) mass is 635 g/mol. The number of aromatic nitrogens is 3. The fraction of sp³-hybridized carbons (Fsp3) is 0.385. The molecule has 1 aliphatic heterocycles. The number of rotatable bonds is 9. The molecule has 2 heterocycles. The molecule has 1 atom stereocenters. The van der Waals surface area contributed by atoms with Gasteiger partial charge in [-0.15, -0.1) is 10.2 Å². The van der Waals surface area contributed by atoms with E-state index in [-0.39, 0.29) is 36.3 Å². The Labute approximate surface area is 234 Å². The van der Waals surface area contributed by atoms with Gasteiger partial charge in [0.2, 0.25) is 12.7 Å². The van der Waals surface area contributed by atoms with Crippen molar-refractivity contribution in [2.45, 2.75) is 52.4 Å². The van der Waals surface area contributed by atoms with Crippen molar-refractivity contribution in [3.05, 3.63) is 56.4 Å². The summed E-state index contributed by atoms with van der Waals surface area (Å²) in [7, 11) is 0. The van der Waals surface area contributed by atoms with Crippen molar-refractivity contribution in [1.29, 1.82) is 0 Å². The Kier molecular flexibility index (Phi) is 8.63. The molecule has 37 heavy (non-hydrogen) atoms. The van der Waals surface area contributed by atoms with Crippen LogP contribution in [0, 0.1) is 23.3 Å². The quantitative estimate of drug-likeness (QED) is 0.249. The van der Waals surface area contributed by atoms with E-state index in [1.54, 1.807) is 18.2 Å². The highest BCUT2D eigenvalue weighted by molar-refractivity contribution is 14.1. The van der Waals surface area contributed by atoms with Crippen LogP contribution in [0.3, 0.4) is 0 Å². The number of fused-ring (bicyclic) bond motifs is 1. The number of carbonyl (C=O) groups excluding carboxylic acids is 2. The predicted octanol–water partition coefficient (Wildman–Crippen LogP) is 5.11. The fourth-order valence-corrected chi connectivity index (χ4v) is 5.88. The number of hydrogen-bond donors (Lipinski definition) is 2. The molecular formula is C26H30IN5O4S. The van der Waals surface area contributed by atoms with Crippen molar-refractivity contribution in [2.75, 3.05) is 17.9 Å². The zero-order chi connectivity index (χ0) is 26.7. The summed E-state index contributed by atoms with van der Waals surface area (Å²) < 4.78 is 13.8. The Balaban J connectivity index is 1.46. The third-order valence-corrected chi connectivity index (χ3v) is 7.61. The van der Waals surface area contributed by atoms with Gasteiger partial charge in [0.05, 0.1) is 11.8 Å². The van der Waals surface area contributed by atoms with E-state index in [0.29, 0.717) is 34.6 Å². The van der Waals surface area contributed by atoms with E-state index < -0.39 is 0 Å². The van der Waals surface area contributed by atoms with Crippen molar-refractivity contribution >= 4 is 51.9 Å². The van der Waals surface area contributed by atoms with Crippen LogP contribution in [0.1, 0.15) is 54.1 Å². The second-order valence-corrected chi connectivity index (χ2v) is 11.3.